The summed E-state index contributed by atoms with van der Waals surface area (Å²) in [7, 11) is 1.36. The monoisotopic (exact) mass is 233 g/mol. The third-order valence-corrected chi connectivity index (χ3v) is 2.84. The molecule has 0 aromatic heterocycles. The molecule has 90 valence electrons. The van der Waals surface area contributed by atoms with Crippen molar-refractivity contribution in [2.75, 3.05) is 13.7 Å². The van der Waals surface area contributed by atoms with E-state index in [4.69, 9.17) is 0 Å². The van der Waals surface area contributed by atoms with Crippen molar-refractivity contribution in [2.45, 2.75) is 12.5 Å². The van der Waals surface area contributed by atoms with Gasteiger partial charge in [0.2, 0.25) is 0 Å². The molecule has 0 fully saturated rings. The minimum atomic E-state index is -0.350. The zero-order valence-electron chi connectivity index (χ0n) is 9.67. The van der Waals surface area contributed by atoms with Crippen LogP contribution in [0.5, 0.6) is 0 Å². The molecule has 17 heavy (non-hydrogen) atoms. The standard InChI is InChI=1S/C13H15NO3/c1-17-13(15)11-7-5-10(6-8-11)12-4-2-3-9-14(12)16/h2,4-8,12,16H,3,9H2,1H3. The fourth-order valence-electron chi connectivity index (χ4n) is 1.89. The Kier molecular flexibility index (Phi) is 3.56. The van der Waals surface area contributed by atoms with Gasteiger partial charge in [0.15, 0.2) is 0 Å². The van der Waals surface area contributed by atoms with Gasteiger partial charge in [-0.3, -0.25) is 0 Å². The van der Waals surface area contributed by atoms with Gasteiger partial charge < -0.3 is 9.94 Å². The molecule has 0 radical (unpaired) electrons. The first-order valence-electron chi connectivity index (χ1n) is 5.53. The van der Waals surface area contributed by atoms with Crippen LogP contribution in [-0.2, 0) is 4.74 Å². The molecule has 1 aromatic rings. The number of esters is 1. The van der Waals surface area contributed by atoms with Crippen LogP contribution in [0, 0.1) is 0 Å². The van der Waals surface area contributed by atoms with Gasteiger partial charge in [0, 0.05) is 6.54 Å². The maximum Gasteiger partial charge on any atom is 0.337 e. The second-order valence-corrected chi connectivity index (χ2v) is 3.94. The third kappa shape index (κ3) is 2.54. The largest absolute Gasteiger partial charge is 0.465 e. The second kappa shape index (κ2) is 5.12. The minimum absolute atomic E-state index is 0.129. The molecule has 1 unspecified atom stereocenters. The van der Waals surface area contributed by atoms with Crippen molar-refractivity contribution >= 4 is 5.97 Å². The molecule has 0 amide bonds. The minimum Gasteiger partial charge on any atom is -0.465 e. The van der Waals surface area contributed by atoms with E-state index in [-0.39, 0.29) is 12.0 Å². The summed E-state index contributed by atoms with van der Waals surface area (Å²) in [6.45, 7) is 0.625. The van der Waals surface area contributed by atoms with E-state index in [0.717, 1.165) is 12.0 Å². The van der Waals surface area contributed by atoms with Crippen LogP contribution < -0.4 is 0 Å². The molecule has 2 rings (SSSR count). The van der Waals surface area contributed by atoms with E-state index in [1.165, 1.54) is 12.2 Å². The molecule has 1 heterocycles. The van der Waals surface area contributed by atoms with E-state index in [1.54, 1.807) is 12.1 Å². The van der Waals surface area contributed by atoms with Gasteiger partial charge >= 0.3 is 5.97 Å². The van der Waals surface area contributed by atoms with Crippen LogP contribution in [0.4, 0.5) is 0 Å². The number of hydroxylamine groups is 2. The number of hydrogen-bond donors (Lipinski definition) is 1. The summed E-state index contributed by atoms with van der Waals surface area (Å²) in [4.78, 5) is 11.3. The predicted molar refractivity (Wildman–Crippen MR) is 62.8 cm³/mol. The highest BCUT2D eigenvalue weighted by Gasteiger charge is 2.18. The summed E-state index contributed by atoms with van der Waals surface area (Å²) in [6.07, 6.45) is 4.86. The summed E-state index contributed by atoms with van der Waals surface area (Å²) in [5.41, 5.74) is 1.47. The van der Waals surface area contributed by atoms with Gasteiger partial charge in [0.25, 0.3) is 0 Å². The SMILES string of the molecule is COC(=O)c1ccc(C2C=CCCN2O)cc1. The summed E-state index contributed by atoms with van der Waals surface area (Å²) < 4.78 is 4.63. The average molecular weight is 233 g/mol. The van der Waals surface area contributed by atoms with Gasteiger partial charge in [-0.05, 0) is 24.1 Å². The second-order valence-electron chi connectivity index (χ2n) is 3.94. The Morgan fingerprint density at radius 3 is 2.71 bits per heavy atom. The van der Waals surface area contributed by atoms with Gasteiger partial charge in [-0.1, -0.05) is 24.3 Å². The summed E-state index contributed by atoms with van der Waals surface area (Å²) in [5.74, 6) is -0.350. The van der Waals surface area contributed by atoms with Crippen LogP contribution in [-0.4, -0.2) is 29.9 Å². The zero-order chi connectivity index (χ0) is 12.3. The van der Waals surface area contributed by atoms with Gasteiger partial charge in [-0.15, -0.1) is 0 Å². The van der Waals surface area contributed by atoms with E-state index in [0.29, 0.717) is 12.1 Å². The average Bonchev–Trinajstić information content (AvgIpc) is 2.39. The van der Waals surface area contributed by atoms with Crippen molar-refractivity contribution in [1.82, 2.24) is 5.06 Å². The molecule has 4 heteroatoms. The fourth-order valence-corrected chi connectivity index (χ4v) is 1.89. The van der Waals surface area contributed by atoms with E-state index in [2.05, 4.69) is 4.74 Å². The van der Waals surface area contributed by atoms with Gasteiger partial charge in [0.05, 0.1) is 18.7 Å². The van der Waals surface area contributed by atoms with Crippen molar-refractivity contribution < 1.29 is 14.7 Å². The van der Waals surface area contributed by atoms with Crippen LogP contribution in [0.2, 0.25) is 0 Å². The van der Waals surface area contributed by atoms with Crippen LogP contribution >= 0.6 is 0 Å². The Morgan fingerprint density at radius 2 is 2.12 bits per heavy atom. The van der Waals surface area contributed by atoms with Crippen molar-refractivity contribution in [2.24, 2.45) is 0 Å². The normalized spacial score (nSPS) is 20.2. The highest BCUT2D eigenvalue weighted by atomic mass is 16.5. The molecule has 1 aromatic carbocycles. The lowest BCUT2D eigenvalue weighted by Crippen LogP contribution is -2.27. The van der Waals surface area contributed by atoms with Crippen LogP contribution in [0.25, 0.3) is 0 Å². The van der Waals surface area contributed by atoms with Gasteiger partial charge in [-0.25, -0.2) is 4.79 Å². The molecule has 1 atom stereocenters. The fraction of sp³-hybridized carbons (Fsp3) is 0.308. The first-order chi connectivity index (χ1) is 8.22. The van der Waals surface area contributed by atoms with Crippen molar-refractivity contribution in [1.29, 1.82) is 0 Å². The number of rotatable bonds is 2. The molecule has 0 bridgehead atoms. The van der Waals surface area contributed by atoms with Gasteiger partial charge in [-0.2, -0.15) is 5.06 Å². The predicted octanol–water partition coefficient (Wildman–Crippen LogP) is 2.17. The maximum absolute atomic E-state index is 11.3. The van der Waals surface area contributed by atoms with Crippen molar-refractivity contribution in [3.05, 3.63) is 47.5 Å². The van der Waals surface area contributed by atoms with E-state index < -0.39 is 0 Å². The van der Waals surface area contributed by atoms with Gasteiger partial charge in [0.1, 0.15) is 0 Å². The number of hydrogen-bond acceptors (Lipinski definition) is 4. The molecule has 0 aliphatic carbocycles. The highest BCUT2D eigenvalue weighted by molar-refractivity contribution is 5.89. The Hall–Kier alpha value is -1.65. The lowest BCUT2D eigenvalue weighted by Gasteiger charge is -2.26. The number of ether oxygens (including phenoxy) is 1. The number of benzene rings is 1. The quantitative estimate of drug-likeness (QED) is 0.628. The molecule has 0 saturated carbocycles. The Bertz CT molecular complexity index is 425. The molecule has 0 spiro atoms. The smallest absolute Gasteiger partial charge is 0.337 e. The topological polar surface area (TPSA) is 49.8 Å². The van der Waals surface area contributed by atoms with Crippen LogP contribution in [0.1, 0.15) is 28.4 Å². The Morgan fingerprint density at radius 1 is 1.41 bits per heavy atom. The van der Waals surface area contributed by atoms with E-state index in [9.17, 15) is 10.0 Å². The van der Waals surface area contributed by atoms with Crippen LogP contribution in [0.15, 0.2) is 36.4 Å². The number of carbonyl (C=O) groups excluding carboxylic acids is 1. The first kappa shape index (κ1) is 11.8. The number of methoxy groups -OCH3 is 1. The lowest BCUT2D eigenvalue weighted by atomic mass is 10.0. The molecular weight excluding hydrogens is 218 g/mol. The number of carbonyl (C=O) groups is 1. The summed E-state index contributed by atoms with van der Waals surface area (Å²) in [6, 6.07) is 6.94. The molecule has 1 aliphatic rings. The highest BCUT2D eigenvalue weighted by Crippen LogP contribution is 2.24. The van der Waals surface area contributed by atoms with Crippen molar-refractivity contribution in [3.8, 4) is 0 Å². The molecule has 1 N–H and O–H groups in total. The molecule has 1 aliphatic heterocycles. The van der Waals surface area contributed by atoms with E-state index in [1.807, 2.05) is 24.3 Å². The summed E-state index contributed by atoms with van der Waals surface area (Å²) in [5, 5.41) is 11.0. The summed E-state index contributed by atoms with van der Waals surface area (Å²) >= 11 is 0. The zero-order valence-corrected chi connectivity index (χ0v) is 9.67. The first-order valence-corrected chi connectivity index (χ1v) is 5.53. The molecule has 0 saturated heterocycles. The molecule has 4 nitrogen and oxygen atoms in total. The van der Waals surface area contributed by atoms with Crippen molar-refractivity contribution in [3.63, 3.8) is 0 Å². The molecular formula is C13H15NO3. The number of nitrogens with zero attached hydrogens (tertiary/aromatic N) is 1. The van der Waals surface area contributed by atoms with Crippen LogP contribution in [0.3, 0.4) is 0 Å². The Labute approximate surface area is 100 Å². The Balaban J connectivity index is 2.20. The van der Waals surface area contributed by atoms with E-state index >= 15 is 0 Å². The maximum atomic E-state index is 11.3. The lowest BCUT2D eigenvalue weighted by molar-refractivity contribution is -0.117. The third-order valence-electron chi connectivity index (χ3n) is 2.84.